The molecule has 0 unspecified atom stereocenters. The van der Waals surface area contributed by atoms with E-state index >= 15 is 0 Å². The Balaban J connectivity index is 1.98. The molecular weight excluding hydrogens is 320 g/mol. The maximum absolute atomic E-state index is 12.2. The number of esters is 1. The van der Waals surface area contributed by atoms with Crippen LogP contribution in [0.4, 0.5) is 0 Å². The number of benzene rings is 1. The molecule has 25 heavy (non-hydrogen) atoms. The van der Waals surface area contributed by atoms with Crippen LogP contribution < -0.4 is 10.4 Å². The average Bonchev–Trinajstić information content (AvgIpc) is 3.05. The van der Waals surface area contributed by atoms with Crippen LogP contribution in [0.5, 0.6) is 5.75 Å². The first-order valence-corrected chi connectivity index (χ1v) is 8.87. The molecular formula is C20H24O5. The molecule has 3 rings (SSSR count). The molecule has 0 fully saturated rings. The lowest BCUT2D eigenvalue weighted by Gasteiger charge is -2.19. The Morgan fingerprint density at radius 3 is 2.64 bits per heavy atom. The van der Waals surface area contributed by atoms with Gasteiger partial charge in [0, 0.05) is 16.5 Å². The van der Waals surface area contributed by atoms with E-state index in [9.17, 15) is 9.59 Å². The summed E-state index contributed by atoms with van der Waals surface area (Å²) < 4.78 is 16.7. The summed E-state index contributed by atoms with van der Waals surface area (Å²) in [4.78, 5) is 24.4. The van der Waals surface area contributed by atoms with Crippen molar-refractivity contribution in [1.29, 1.82) is 0 Å². The van der Waals surface area contributed by atoms with E-state index in [0.29, 0.717) is 17.8 Å². The van der Waals surface area contributed by atoms with Gasteiger partial charge in [-0.15, -0.1) is 0 Å². The maximum atomic E-state index is 12.2. The average molecular weight is 344 g/mol. The Bertz CT molecular complexity index is 862. The highest BCUT2D eigenvalue weighted by Gasteiger charge is 2.24. The molecule has 2 aromatic rings. The van der Waals surface area contributed by atoms with Crippen LogP contribution in [0.2, 0.25) is 0 Å². The lowest BCUT2D eigenvalue weighted by molar-refractivity contribution is -0.155. The van der Waals surface area contributed by atoms with Crippen LogP contribution >= 0.6 is 0 Å². The van der Waals surface area contributed by atoms with E-state index in [1.54, 1.807) is 13.8 Å². The monoisotopic (exact) mass is 344 g/mol. The van der Waals surface area contributed by atoms with Crippen molar-refractivity contribution >= 4 is 16.9 Å². The lowest BCUT2D eigenvalue weighted by atomic mass is 10.0. The Labute approximate surface area is 146 Å². The van der Waals surface area contributed by atoms with Crippen molar-refractivity contribution in [2.24, 2.45) is 0 Å². The summed E-state index contributed by atoms with van der Waals surface area (Å²) in [5, 5.41) is 0.967. The minimum absolute atomic E-state index is 0.191. The van der Waals surface area contributed by atoms with Crippen molar-refractivity contribution in [3.05, 3.63) is 39.2 Å². The van der Waals surface area contributed by atoms with E-state index in [4.69, 9.17) is 13.9 Å². The Morgan fingerprint density at radius 1 is 1.24 bits per heavy atom. The zero-order valence-electron chi connectivity index (χ0n) is 15.2. The minimum atomic E-state index is -0.681. The van der Waals surface area contributed by atoms with E-state index in [2.05, 4.69) is 0 Å². The van der Waals surface area contributed by atoms with Crippen molar-refractivity contribution in [3.8, 4) is 5.75 Å². The quantitative estimate of drug-likeness (QED) is 0.611. The van der Waals surface area contributed by atoms with Crippen LogP contribution in [0.3, 0.4) is 0 Å². The highest BCUT2D eigenvalue weighted by atomic mass is 16.6. The molecule has 0 amide bonds. The maximum Gasteiger partial charge on any atom is 0.347 e. The third-order valence-electron chi connectivity index (χ3n) is 4.60. The van der Waals surface area contributed by atoms with Crippen LogP contribution in [0.1, 0.15) is 50.3 Å². The molecule has 0 saturated carbocycles. The van der Waals surface area contributed by atoms with Gasteiger partial charge in [0.05, 0.1) is 6.10 Å². The van der Waals surface area contributed by atoms with Crippen LogP contribution in [0.15, 0.2) is 21.3 Å². The van der Waals surface area contributed by atoms with Gasteiger partial charge in [0.1, 0.15) is 11.3 Å². The fourth-order valence-electron chi connectivity index (χ4n) is 3.35. The van der Waals surface area contributed by atoms with Crippen molar-refractivity contribution in [2.45, 2.75) is 65.6 Å². The Morgan fingerprint density at radius 2 is 1.96 bits per heavy atom. The van der Waals surface area contributed by atoms with E-state index < -0.39 is 6.10 Å². The molecule has 134 valence electrons. The molecule has 0 radical (unpaired) electrons. The molecule has 1 aromatic carbocycles. The summed E-state index contributed by atoms with van der Waals surface area (Å²) in [6.07, 6.45) is 2.29. The summed E-state index contributed by atoms with van der Waals surface area (Å²) in [7, 11) is 0. The molecule has 1 heterocycles. The number of carbonyl (C=O) groups excluding carboxylic acids is 1. The van der Waals surface area contributed by atoms with Gasteiger partial charge < -0.3 is 13.9 Å². The topological polar surface area (TPSA) is 65.7 Å². The molecule has 0 bridgehead atoms. The number of rotatable bonds is 5. The van der Waals surface area contributed by atoms with Gasteiger partial charge in [0.15, 0.2) is 6.10 Å². The van der Waals surface area contributed by atoms with Crippen LogP contribution in [0, 0.1) is 6.92 Å². The van der Waals surface area contributed by atoms with E-state index in [1.807, 2.05) is 26.0 Å². The second-order valence-electron chi connectivity index (χ2n) is 6.77. The highest BCUT2D eigenvalue weighted by Crippen LogP contribution is 2.33. The zero-order chi connectivity index (χ0) is 18.1. The van der Waals surface area contributed by atoms with Gasteiger partial charge in [-0.3, -0.25) is 0 Å². The molecule has 1 aliphatic rings. The molecule has 5 heteroatoms. The third kappa shape index (κ3) is 3.28. The fraction of sp³-hybridized carbons (Fsp3) is 0.500. The highest BCUT2D eigenvalue weighted by molar-refractivity contribution is 5.86. The van der Waals surface area contributed by atoms with Crippen molar-refractivity contribution in [1.82, 2.24) is 0 Å². The van der Waals surface area contributed by atoms with Crippen LogP contribution in [-0.2, 0) is 22.4 Å². The van der Waals surface area contributed by atoms with Crippen molar-refractivity contribution in [3.63, 3.8) is 0 Å². The first-order valence-electron chi connectivity index (χ1n) is 8.87. The Kier molecular flexibility index (Phi) is 4.84. The third-order valence-corrected chi connectivity index (χ3v) is 4.60. The zero-order valence-corrected chi connectivity index (χ0v) is 15.2. The second-order valence-corrected chi connectivity index (χ2v) is 6.77. The smallest absolute Gasteiger partial charge is 0.347 e. The first-order chi connectivity index (χ1) is 11.9. The fourth-order valence-corrected chi connectivity index (χ4v) is 3.35. The van der Waals surface area contributed by atoms with Gasteiger partial charge in [0.2, 0.25) is 0 Å². The number of hydrogen-bond acceptors (Lipinski definition) is 5. The standard InChI is InChI=1S/C20H24O5/c1-5-16(20(22)23-11(2)3)24-17-10-9-14-13-7-6-8-15(13)19(21)25-18(14)12(17)4/h9-11,16H,5-8H2,1-4H3/t16-/m0/s1. The normalized spacial score (nSPS) is 14.6. The van der Waals surface area contributed by atoms with Gasteiger partial charge in [0.25, 0.3) is 0 Å². The molecule has 0 N–H and O–H groups in total. The molecule has 1 aromatic heterocycles. The summed E-state index contributed by atoms with van der Waals surface area (Å²) in [5.74, 6) is 0.161. The largest absolute Gasteiger partial charge is 0.478 e. The SMILES string of the molecule is CC[C@H](Oc1ccc2c3c(c(=O)oc2c1C)CCC3)C(=O)OC(C)C. The summed E-state index contributed by atoms with van der Waals surface area (Å²) in [6.45, 7) is 7.33. The van der Waals surface area contributed by atoms with Gasteiger partial charge in [-0.25, -0.2) is 9.59 Å². The van der Waals surface area contributed by atoms with Crippen LogP contribution in [-0.4, -0.2) is 18.2 Å². The van der Waals surface area contributed by atoms with Crippen molar-refractivity contribution in [2.75, 3.05) is 0 Å². The van der Waals surface area contributed by atoms with Gasteiger partial charge in [-0.1, -0.05) is 6.92 Å². The molecule has 1 aliphatic carbocycles. The number of fused-ring (bicyclic) bond motifs is 3. The van der Waals surface area contributed by atoms with Gasteiger partial charge in [-0.2, -0.15) is 0 Å². The molecule has 0 saturated heterocycles. The molecule has 1 atom stereocenters. The summed E-state index contributed by atoms with van der Waals surface area (Å²) in [5.41, 5.74) is 2.92. The number of aryl methyl sites for hydroxylation is 2. The molecule has 5 nitrogen and oxygen atoms in total. The van der Waals surface area contributed by atoms with E-state index in [-0.39, 0.29) is 17.7 Å². The minimum Gasteiger partial charge on any atom is -0.478 e. The summed E-state index contributed by atoms with van der Waals surface area (Å²) >= 11 is 0. The predicted octanol–water partition coefficient (Wildman–Crippen LogP) is 3.70. The molecule has 0 spiro atoms. The number of ether oxygens (including phenoxy) is 2. The van der Waals surface area contributed by atoms with Crippen molar-refractivity contribution < 1.29 is 18.7 Å². The van der Waals surface area contributed by atoms with E-state index in [0.717, 1.165) is 41.3 Å². The summed E-state index contributed by atoms with van der Waals surface area (Å²) in [6, 6.07) is 3.77. The number of carbonyl (C=O) groups is 1. The van der Waals surface area contributed by atoms with Gasteiger partial charge in [-0.05, 0) is 64.2 Å². The Hall–Kier alpha value is -2.30. The second kappa shape index (κ2) is 6.90. The molecule has 0 aliphatic heterocycles. The van der Waals surface area contributed by atoms with Gasteiger partial charge >= 0.3 is 11.6 Å². The first kappa shape index (κ1) is 17.5. The lowest BCUT2D eigenvalue weighted by Crippen LogP contribution is -2.30. The predicted molar refractivity (Wildman–Crippen MR) is 95.2 cm³/mol. The van der Waals surface area contributed by atoms with Crippen LogP contribution in [0.25, 0.3) is 11.0 Å². The van der Waals surface area contributed by atoms with E-state index in [1.165, 1.54) is 0 Å². The number of hydrogen-bond donors (Lipinski definition) is 0.